The SMILES string of the molecule is NC(=S)C1(C(=O)NC2CCCCC2O)CCOCC1. The number of rotatable bonds is 3. The van der Waals surface area contributed by atoms with E-state index in [4.69, 9.17) is 22.7 Å². The van der Waals surface area contributed by atoms with Gasteiger partial charge in [-0.3, -0.25) is 4.79 Å². The minimum absolute atomic E-state index is 0.144. The van der Waals surface area contributed by atoms with Gasteiger partial charge in [0.25, 0.3) is 0 Å². The van der Waals surface area contributed by atoms with Crippen LogP contribution in [0.1, 0.15) is 38.5 Å². The van der Waals surface area contributed by atoms with Crippen molar-refractivity contribution in [1.29, 1.82) is 0 Å². The van der Waals surface area contributed by atoms with Crippen molar-refractivity contribution in [2.45, 2.75) is 50.7 Å². The number of aliphatic hydroxyl groups excluding tert-OH is 1. The highest BCUT2D eigenvalue weighted by Gasteiger charge is 2.44. The van der Waals surface area contributed by atoms with Gasteiger partial charge in [-0.1, -0.05) is 25.1 Å². The van der Waals surface area contributed by atoms with Crippen molar-refractivity contribution in [3.8, 4) is 0 Å². The van der Waals surface area contributed by atoms with Crippen molar-refractivity contribution in [3.05, 3.63) is 0 Å². The molecule has 0 radical (unpaired) electrons. The van der Waals surface area contributed by atoms with Gasteiger partial charge in [-0.25, -0.2) is 0 Å². The molecule has 0 aromatic heterocycles. The molecule has 2 atom stereocenters. The van der Waals surface area contributed by atoms with Gasteiger partial charge in [0.15, 0.2) is 0 Å². The molecule has 1 heterocycles. The Labute approximate surface area is 118 Å². The monoisotopic (exact) mass is 286 g/mol. The lowest BCUT2D eigenvalue weighted by molar-refractivity contribution is -0.133. The molecular weight excluding hydrogens is 264 g/mol. The summed E-state index contributed by atoms with van der Waals surface area (Å²) in [4.78, 5) is 12.8. The molecule has 0 bridgehead atoms. The first kappa shape index (κ1) is 14.7. The number of hydrogen-bond donors (Lipinski definition) is 3. The quantitative estimate of drug-likeness (QED) is 0.658. The van der Waals surface area contributed by atoms with Crippen molar-refractivity contribution in [1.82, 2.24) is 5.32 Å². The van der Waals surface area contributed by atoms with Crippen molar-refractivity contribution in [2.24, 2.45) is 11.1 Å². The highest BCUT2D eigenvalue weighted by molar-refractivity contribution is 7.80. The van der Waals surface area contributed by atoms with E-state index >= 15 is 0 Å². The third-order valence-electron chi connectivity index (χ3n) is 4.30. The Bertz CT molecular complexity index is 356. The van der Waals surface area contributed by atoms with Crippen LogP contribution in [-0.4, -0.2) is 41.4 Å². The molecule has 0 aromatic rings. The van der Waals surface area contributed by atoms with Crippen LogP contribution in [0.25, 0.3) is 0 Å². The lowest BCUT2D eigenvalue weighted by atomic mass is 9.78. The van der Waals surface area contributed by atoms with Crippen molar-refractivity contribution >= 4 is 23.1 Å². The number of ether oxygens (including phenoxy) is 1. The first-order chi connectivity index (χ1) is 9.06. The maximum absolute atomic E-state index is 12.5. The standard InChI is InChI=1S/C13H22N2O3S/c14-11(19)13(5-7-18-8-6-13)12(17)15-9-3-1-2-4-10(9)16/h9-10,16H,1-8H2,(H2,14,19)(H,15,17). The fourth-order valence-corrected chi connectivity index (χ4v) is 3.19. The summed E-state index contributed by atoms with van der Waals surface area (Å²) in [5, 5.41) is 12.9. The number of hydrogen-bond acceptors (Lipinski definition) is 4. The molecule has 108 valence electrons. The fraction of sp³-hybridized carbons (Fsp3) is 0.846. The van der Waals surface area contributed by atoms with E-state index in [1.807, 2.05) is 0 Å². The van der Waals surface area contributed by atoms with Gasteiger partial charge in [-0.05, 0) is 25.7 Å². The number of aliphatic hydroxyl groups is 1. The van der Waals surface area contributed by atoms with Crippen LogP contribution in [0.2, 0.25) is 0 Å². The summed E-state index contributed by atoms with van der Waals surface area (Å²) in [6, 6.07) is -0.171. The average molecular weight is 286 g/mol. The molecule has 5 nitrogen and oxygen atoms in total. The Kier molecular flexibility index (Phi) is 4.76. The number of nitrogens with one attached hydrogen (secondary N) is 1. The summed E-state index contributed by atoms with van der Waals surface area (Å²) in [6.45, 7) is 0.996. The molecule has 1 saturated heterocycles. The second-order valence-corrected chi connectivity index (χ2v) is 5.93. The van der Waals surface area contributed by atoms with E-state index in [-0.39, 0.29) is 16.9 Å². The largest absolute Gasteiger partial charge is 0.392 e. The molecular formula is C13H22N2O3S. The summed E-state index contributed by atoms with van der Waals surface area (Å²) in [6.07, 6.45) is 4.20. The van der Waals surface area contributed by atoms with Crippen LogP contribution in [0, 0.1) is 5.41 Å². The molecule has 2 unspecified atom stereocenters. The number of carbonyl (C=O) groups is 1. The van der Waals surface area contributed by atoms with Crippen LogP contribution in [0.4, 0.5) is 0 Å². The van der Waals surface area contributed by atoms with Gasteiger partial charge in [0.2, 0.25) is 5.91 Å². The molecule has 1 amide bonds. The molecule has 1 aliphatic carbocycles. The van der Waals surface area contributed by atoms with Crippen LogP contribution in [0.15, 0.2) is 0 Å². The van der Waals surface area contributed by atoms with Crippen LogP contribution in [-0.2, 0) is 9.53 Å². The molecule has 0 spiro atoms. The Morgan fingerprint density at radius 1 is 1.32 bits per heavy atom. The van der Waals surface area contributed by atoms with Crippen LogP contribution >= 0.6 is 12.2 Å². The van der Waals surface area contributed by atoms with E-state index in [2.05, 4.69) is 5.32 Å². The van der Waals surface area contributed by atoms with E-state index in [1.165, 1.54) is 0 Å². The first-order valence-electron chi connectivity index (χ1n) is 6.93. The summed E-state index contributed by atoms with van der Waals surface area (Å²) in [7, 11) is 0. The molecule has 2 rings (SSSR count). The Morgan fingerprint density at radius 2 is 1.95 bits per heavy atom. The summed E-state index contributed by atoms with van der Waals surface area (Å²) in [5.41, 5.74) is 4.99. The van der Waals surface area contributed by atoms with Gasteiger partial charge in [0.05, 0.1) is 17.1 Å². The number of carbonyl (C=O) groups excluding carboxylic acids is 1. The average Bonchev–Trinajstić information content (AvgIpc) is 2.42. The zero-order valence-electron chi connectivity index (χ0n) is 11.1. The first-order valence-corrected chi connectivity index (χ1v) is 7.34. The second kappa shape index (κ2) is 6.15. The van der Waals surface area contributed by atoms with E-state index < -0.39 is 11.5 Å². The minimum Gasteiger partial charge on any atom is -0.392 e. The van der Waals surface area contributed by atoms with Gasteiger partial charge in [0.1, 0.15) is 5.41 Å². The normalized spacial score (nSPS) is 30.6. The lowest BCUT2D eigenvalue weighted by Gasteiger charge is -2.37. The zero-order chi connectivity index (χ0) is 13.9. The van der Waals surface area contributed by atoms with E-state index in [0.29, 0.717) is 26.1 Å². The number of thiocarbonyl (C=S) groups is 1. The van der Waals surface area contributed by atoms with Gasteiger partial charge in [-0.15, -0.1) is 0 Å². The maximum Gasteiger partial charge on any atom is 0.233 e. The predicted octanol–water partition coefficient (Wildman–Crippen LogP) is 0.489. The van der Waals surface area contributed by atoms with Gasteiger partial charge >= 0.3 is 0 Å². The molecule has 0 aromatic carbocycles. The summed E-state index contributed by atoms with van der Waals surface area (Å²) < 4.78 is 5.29. The molecule has 19 heavy (non-hydrogen) atoms. The summed E-state index contributed by atoms with van der Waals surface area (Å²) in [5.74, 6) is -0.144. The second-order valence-electron chi connectivity index (χ2n) is 5.49. The smallest absolute Gasteiger partial charge is 0.233 e. The van der Waals surface area contributed by atoms with Gasteiger partial charge < -0.3 is 20.9 Å². The van der Waals surface area contributed by atoms with E-state index in [1.54, 1.807) is 0 Å². The highest BCUT2D eigenvalue weighted by Crippen LogP contribution is 2.32. The fourth-order valence-electron chi connectivity index (χ4n) is 2.89. The molecule has 1 saturated carbocycles. The highest BCUT2D eigenvalue weighted by atomic mass is 32.1. The van der Waals surface area contributed by atoms with Crippen LogP contribution < -0.4 is 11.1 Å². The van der Waals surface area contributed by atoms with Crippen LogP contribution in [0.5, 0.6) is 0 Å². The number of amides is 1. The molecule has 2 aliphatic rings. The number of nitrogens with two attached hydrogens (primary N) is 1. The van der Waals surface area contributed by atoms with Crippen molar-refractivity contribution in [3.63, 3.8) is 0 Å². The molecule has 4 N–H and O–H groups in total. The third-order valence-corrected chi connectivity index (χ3v) is 4.69. The zero-order valence-corrected chi connectivity index (χ0v) is 11.9. The molecule has 1 aliphatic heterocycles. The topological polar surface area (TPSA) is 84.6 Å². The van der Waals surface area contributed by atoms with Gasteiger partial charge in [-0.2, -0.15) is 0 Å². The van der Waals surface area contributed by atoms with Crippen molar-refractivity contribution < 1.29 is 14.6 Å². The van der Waals surface area contributed by atoms with Crippen molar-refractivity contribution in [2.75, 3.05) is 13.2 Å². The maximum atomic E-state index is 12.5. The minimum atomic E-state index is -0.801. The van der Waals surface area contributed by atoms with Crippen LogP contribution in [0.3, 0.4) is 0 Å². The Morgan fingerprint density at radius 3 is 2.53 bits per heavy atom. The van der Waals surface area contributed by atoms with Gasteiger partial charge in [0, 0.05) is 13.2 Å². The molecule has 2 fully saturated rings. The summed E-state index contributed by atoms with van der Waals surface area (Å²) >= 11 is 5.10. The third kappa shape index (κ3) is 3.07. The lowest BCUT2D eigenvalue weighted by Crippen LogP contribution is -2.56. The van der Waals surface area contributed by atoms with E-state index in [9.17, 15) is 9.90 Å². The molecule has 6 heteroatoms. The Balaban J connectivity index is 2.05. The Hall–Kier alpha value is -0.720. The van der Waals surface area contributed by atoms with E-state index in [0.717, 1.165) is 25.7 Å². The predicted molar refractivity (Wildman–Crippen MR) is 75.7 cm³/mol.